The number of rotatable bonds is 5. The van der Waals surface area contributed by atoms with Gasteiger partial charge in [0.25, 0.3) is 0 Å². The molecule has 0 aromatic heterocycles. The van der Waals surface area contributed by atoms with Crippen LogP contribution < -0.4 is 5.32 Å². The van der Waals surface area contributed by atoms with Crippen molar-refractivity contribution >= 4 is 12.0 Å². The van der Waals surface area contributed by atoms with Crippen LogP contribution >= 0.6 is 0 Å². The zero-order chi connectivity index (χ0) is 15.3. The van der Waals surface area contributed by atoms with Gasteiger partial charge < -0.3 is 15.3 Å². The predicted octanol–water partition coefficient (Wildman–Crippen LogP) is 1.37. The second-order valence-corrected chi connectivity index (χ2v) is 6.14. The molecule has 0 aromatic carbocycles. The molecule has 6 nitrogen and oxygen atoms in total. The number of hydrogen-bond donors (Lipinski definition) is 2. The highest BCUT2D eigenvalue weighted by molar-refractivity contribution is 5.82. The number of nitrogens with one attached hydrogen (secondary N) is 1. The van der Waals surface area contributed by atoms with Gasteiger partial charge in [0.05, 0.1) is 0 Å². The number of carbonyl (C=O) groups is 2. The Morgan fingerprint density at radius 2 is 2.00 bits per heavy atom. The predicted molar refractivity (Wildman–Crippen MR) is 77.8 cm³/mol. The van der Waals surface area contributed by atoms with Crippen molar-refractivity contribution in [3.05, 3.63) is 0 Å². The van der Waals surface area contributed by atoms with Crippen LogP contribution in [0.2, 0.25) is 0 Å². The minimum Gasteiger partial charge on any atom is -0.480 e. The van der Waals surface area contributed by atoms with Gasteiger partial charge in [0.2, 0.25) is 0 Å². The highest BCUT2D eigenvalue weighted by atomic mass is 16.4. The van der Waals surface area contributed by atoms with Crippen molar-refractivity contribution in [3.63, 3.8) is 0 Å². The molecule has 6 heteroatoms. The van der Waals surface area contributed by atoms with E-state index in [2.05, 4.69) is 24.1 Å². The Bertz CT molecular complexity index is 358. The third-order valence-corrected chi connectivity index (χ3v) is 4.05. The number of piperazine rings is 1. The monoisotopic (exact) mass is 285 g/mol. The average molecular weight is 285 g/mol. The van der Waals surface area contributed by atoms with E-state index in [9.17, 15) is 9.59 Å². The van der Waals surface area contributed by atoms with Crippen LogP contribution in [0.1, 0.15) is 40.0 Å². The number of aliphatic carboxylic acids is 1. The molecular weight excluding hydrogens is 258 g/mol. The standard InChI is InChI=1S/C14H27N3O3/c1-5-6-7-11(12(18)19)15-13(20)17-9-8-16(4)14(2,3)10-17/h11H,5-10H2,1-4H3,(H,15,20)(H,18,19). The number of hydrogen-bond acceptors (Lipinski definition) is 3. The summed E-state index contributed by atoms with van der Waals surface area (Å²) in [4.78, 5) is 27.3. The van der Waals surface area contributed by atoms with Gasteiger partial charge in [-0.1, -0.05) is 19.8 Å². The SMILES string of the molecule is CCCCC(NC(=O)N1CCN(C)C(C)(C)C1)C(=O)O. The van der Waals surface area contributed by atoms with Crippen LogP contribution in [0.25, 0.3) is 0 Å². The van der Waals surface area contributed by atoms with Gasteiger partial charge in [-0.3, -0.25) is 4.90 Å². The van der Waals surface area contributed by atoms with E-state index >= 15 is 0 Å². The number of amides is 2. The first-order valence-electron chi connectivity index (χ1n) is 7.27. The number of carboxylic acids is 1. The summed E-state index contributed by atoms with van der Waals surface area (Å²) in [5, 5.41) is 11.8. The van der Waals surface area contributed by atoms with E-state index in [0.717, 1.165) is 19.4 Å². The molecule has 2 N–H and O–H groups in total. The van der Waals surface area contributed by atoms with Gasteiger partial charge in [-0.2, -0.15) is 0 Å². The number of carboxylic acid groups (broad SMARTS) is 1. The molecule has 1 fully saturated rings. The smallest absolute Gasteiger partial charge is 0.326 e. The molecule has 2 amide bonds. The molecule has 0 aromatic rings. The van der Waals surface area contributed by atoms with Gasteiger partial charge >= 0.3 is 12.0 Å². The van der Waals surface area contributed by atoms with Crippen LogP contribution in [0.15, 0.2) is 0 Å². The maximum Gasteiger partial charge on any atom is 0.326 e. The molecule has 0 spiro atoms. The summed E-state index contributed by atoms with van der Waals surface area (Å²) < 4.78 is 0. The lowest BCUT2D eigenvalue weighted by Gasteiger charge is -2.45. The molecule has 116 valence electrons. The number of urea groups is 1. The van der Waals surface area contributed by atoms with E-state index in [1.54, 1.807) is 4.90 Å². The largest absolute Gasteiger partial charge is 0.480 e. The molecule has 1 rings (SSSR count). The maximum absolute atomic E-state index is 12.2. The van der Waals surface area contributed by atoms with E-state index in [0.29, 0.717) is 19.5 Å². The molecule has 1 unspecified atom stereocenters. The Kier molecular flexibility index (Phi) is 5.80. The lowest BCUT2D eigenvalue weighted by molar-refractivity contribution is -0.139. The summed E-state index contributed by atoms with van der Waals surface area (Å²) >= 11 is 0. The third kappa shape index (κ3) is 4.37. The zero-order valence-electron chi connectivity index (χ0n) is 13.0. The minimum atomic E-state index is -0.958. The van der Waals surface area contributed by atoms with Crippen LogP contribution in [-0.4, -0.2) is 65.2 Å². The topological polar surface area (TPSA) is 72.9 Å². The summed E-state index contributed by atoms with van der Waals surface area (Å²) in [5.41, 5.74) is -0.0856. The van der Waals surface area contributed by atoms with Crippen molar-refractivity contribution in [3.8, 4) is 0 Å². The van der Waals surface area contributed by atoms with Gasteiger partial charge in [-0.15, -0.1) is 0 Å². The van der Waals surface area contributed by atoms with E-state index in [4.69, 9.17) is 5.11 Å². The van der Waals surface area contributed by atoms with E-state index in [1.165, 1.54) is 0 Å². The van der Waals surface area contributed by atoms with Crippen LogP contribution in [-0.2, 0) is 4.79 Å². The number of carbonyl (C=O) groups excluding carboxylic acids is 1. The first kappa shape index (κ1) is 16.8. The molecule has 1 heterocycles. The van der Waals surface area contributed by atoms with E-state index in [1.807, 2.05) is 14.0 Å². The van der Waals surface area contributed by atoms with E-state index < -0.39 is 12.0 Å². The van der Waals surface area contributed by atoms with Gasteiger partial charge in [0.1, 0.15) is 6.04 Å². The highest BCUT2D eigenvalue weighted by Crippen LogP contribution is 2.18. The summed E-state index contributed by atoms with van der Waals surface area (Å²) in [6.45, 7) is 8.20. The first-order valence-corrected chi connectivity index (χ1v) is 7.27. The quantitative estimate of drug-likeness (QED) is 0.800. The van der Waals surface area contributed by atoms with Gasteiger partial charge in [0, 0.05) is 25.2 Å². The number of unbranched alkanes of at least 4 members (excludes halogenated alkanes) is 1. The Hall–Kier alpha value is -1.30. The summed E-state index contributed by atoms with van der Waals surface area (Å²) in [5.74, 6) is -0.958. The van der Waals surface area contributed by atoms with Crippen LogP contribution in [0.4, 0.5) is 4.79 Å². The Labute approximate surface area is 121 Å². The summed E-state index contributed by atoms with van der Waals surface area (Å²) in [7, 11) is 2.04. The van der Waals surface area contributed by atoms with Gasteiger partial charge in [0.15, 0.2) is 0 Å². The second-order valence-electron chi connectivity index (χ2n) is 6.14. The average Bonchev–Trinajstić information content (AvgIpc) is 2.37. The molecule has 0 bridgehead atoms. The summed E-state index contributed by atoms with van der Waals surface area (Å²) in [6.07, 6.45) is 2.20. The first-order chi connectivity index (χ1) is 9.27. The van der Waals surface area contributed by atoms with Crippen molar-refractivity contribution in [2.45, 2.75) is 51.6 Å². The highest BCUT2D eigenvalue weighted by Gasteiger charge is 2.34. The van der Waals surface area contributed by atoms with Crippen LogP contribution in [0, 0.1) is 0 Å². The molecule has 1 atom stereocenters. The van der Waals surface area contributed by atoms with Crippen molar-refractivity contribution < 1.29 is 14.7 Å². The Morgan fingerprint density at radius 1 is 1.35 bits per heavy atom. The third-order valence-electron chi connectivity index (χ3n) is 4.05. The lowest BCUT2D eigenvalue weighted by atomic mass is 10.00. The molecule has 0 aliphatic carbocycles. The van der Waals surface area contributed by atoms with Gasteiger partial charge in [-0.05, 0) is 27.3 Å². The molecular formula is C14H27N3O3. The van der Waals surface area contributed by atoms with Gasteiger partial charge in [-0.25, -0.2) is 9.59 Å². The molecule has 0 saturated carbocycles. The fourth-order valence-electron chi connectivity index (χ4n) is 2.32. The molecule has 20 heavy (non-hydrogen) atoms. The fourth-order valence-corrected chi connectivity index (χ4v) is 2.32. The fraction of sp³-hybridized carbons (Fsp3) is 0.857. The maximum atomic E-state index is 12.2. The van der Waals surface area contributed by atoms with Crippen LogP contribution in [0.3, 0.4) is 0 Å². The molecule has 1 saturated heterocycles. The zero-order valence-corrected chi connectivity index (χ0v) is 13.0. The number of likely N-dealkylation sites (N-methyl/N-ethyl adjacent to an activating group) is 1. The van der Waals surface area contributed by atoms with Crippen molar-refractivity contribution in [2.24, 2.45) is 0 Å². The lowest BCUT2D eigenvalue weighted by Crippen LogP contribution is -2.61. The van der Waals surface area contributed by atoms with Crippen LogP contribution in [0.5, 0.6) is 0 Å². The van der Waals surface area contributed by atoms with Crippen molar-refractivity contribution in [1.82, 2.24) is 15.1 Å². The Balaban J connectivity index is 2.58. The van der Waals surface area contributed by atoms with Crippen molar-refractivity contribution in [2.75, 3.05) is 26.7 Å². The number of nitrogens with zero attached hydrogens (tertiary/aromatic N) is 2. The normalized spacial score (nSPS) is 20.5. The second kappa shape index (κ2) is 6.92. The van der Waals surface area contributed by atoms with E-state index in [-0.39, 0.29) is 11.6 Å². The molecule has 0 radical (unpaired) electrons. The minimum absolute atomic E-state index is 0.0856. The summed E-state index contributed by atoms with van der Waals surface area (Å²) in [6, 6.07) is -1.06. The molecule has 1 aliphatic rings. The Morgan fingerprint density at radius 3 is 2.50 bits per heavy atom. The van der Waals surface area contributed by atoms with Crippen molar-refractivity contribution in [1.29, 1.82) is 0 Å². The molecule has 1 aliphatic heterocycles.